The lowest BCUT2D eigenvalue weighted by Crippen LogP contribution is -2.37. The summed E-state index contributed by atoms with van der Waals surface area (Å²) >= 11 is 6.71. The van der Waals surface area contributed by atoms with Crippen LogP contribution in [-0.2, 0) is 0 Å². The minimum atomic E-state index is 0.0368. The van der Waals surface area contributed by atoms with Gasteiger partial charge in [0.05, 0.1) is 5.56 Å². The monoisotopic (exact) mass is 362 g/mol. The minimum Gasteiger partial charge on any atom is -0.336 e. The second-order valence-electron chi connectivity index (χ2n) is 4.03. The molecule has 0 atom stereocenters. The highest BCUT2D eigenvalue weighted by Gasteiger charge is 2.18. The highest BCUT2D eigenvalue weighted by Crippen LogP contribution is 2.13. The first-order valence-electron chi connectivity index (χ1n) is 5.53. The van der Waals surface area contributed by atoms with Crippen LogP contribution in [-0.4, -0.2) is 33.7 Å². The van der Waals surface area contributed by atoms with Crippen LogP contribution in [0.4, 0.5) is 0 Å². The normalized spacial score (nSPS) is 10.6. The second-order valence-corrected chi connectivity index (χ2v) is 5.74. The van der Waals surface area contributed by atoms with E-state index in [1.54, 1.807) is 18.5 Å². The molecule has 0 bridgehead atoms. The summed E-state index contributed by atoms with van der Waals surface area (Å²) in [4.78, 5) is 18.2. The zero-order valence-electron chi connectivity index (χ0n) is 9.99. The zero-order chi connectivity index (χ0) is 12.8. The summed E-state index contributed by atoms with van der Waals surface area (Å²) < 4.78 is 0.826. The number of pyridine rings is 1. The van der Waals surface area contributed by atoms with Crippen molar-refractivity contribution in [2.75, 3.05) is 11.9 Å². The van der Waals surface area contributed by atoms with Gasteiger partial charge in [0.2, 0.25) is 0 Å². The maximum absolute atomic E-state index is 12.3. The Morgan fingerprint density at radius 1 is 1.47 bits per heavy atom. The van der Waals surface area contributed by atoms with Crippen LogP contribution < -0.4 is 0 Å². The molecule has 5 heteroatoms. The number of carbonyl (C=O) groups is 1. The zero-order valence-corrected chi connectivity index (χ0v) is 13.2. The maximum atomic E-state index is 12.3. The Hall–Kier alpha value is -0.420. The third-order valence-corrected chi connectivity index (χ3v) is 3.36. The molecule has 94 valence electrons. The van der Waals surface area contributed by atoms with E-state index in [1.165, 1.54) is 0 Å². The third-order valence-electron chi connectivity index (χ3n) is 2.37. The molecule has 1 aromatic heterocycles. The van der Waals surface area contributed by atoms with E-state index in [-0.39, 0.29) is 11.9 Å². The van der Waals surface area contributed by atoms with E-state index in [2.05, 4.69) is 36.8 Å². The van der Waals surface area contributed by atoms with E-state index < -0.39 is 0 Å². The topological polar surface area (TPSA) is 33.2 Å². The molecule has 3 nitrogen and oxygen atoms in total. The van der Waals surface area contributed by atoms with Crippen molar-refractivity contribution in [3.63, 3.8) is 0 Å². The van der Waals surface area contributed by atoms with Crippen LogP contribution in [0.3, 0.4) is 0 Å². The van der Waals surface area contributed by atoms with Crippen molar-refractivity contribution in [2.45, 2.75) is 26.3 Å². The molecule has 17 heavy (non-hydrogen) atoms. The number of hydrogen-bond donors (Lipinski definition) is 0. The summed E-state index contributed by atoms with van der Waals surface area (Å²) in [5.74, 6) is 0.0368. The SMILES string of the molecule is CC(C)N(CCCBr)C(=O)c1cncc(Br)c1. The molecule has 0 radical (unpaired) electrons. The van der Waals surface area contributed by atoms with E-state index in [9.17, 15) is 4.79 Å². The van der Waals surface area contributed by atoms with Crippen LogP contribution in [0.15, 0.2) is 22.9 Å². The molecular weight excluding hydrogens is 348 g/mol. The lowest BCUT2D eigenvalue weighted by atomic mass is 10.2. The van der Waals surface area contributed by atoms with Gasteiger partial charge in [-0.2, -0.15) is 0 Å². The molecule has 1 aromatic rings. The first-order valence-corrected chi connectivity index (χ1v) is 7.45. The van der Waals surface area contributed by atoms with Crippen molar-refractivity contribution in [1.82, 2.24) is 9.88 Å². The van der Waals surface area contributed by atoms with Gasteiger partial charge in [-0.05, 0) is 42.3 Å². The van der Waals surface area contributed by atoms with Crippen LogP contribution in [0.25, 0.3) is 0 Å². The summed E-state index contributed by atoms with van der Waals surface area (Å²) in [7, 11) is 0. The summed E-state index contributed by atoms with van der Waals surface area (Å²) in [6.07, 6.45) is 4.23. The number of hydrogen-bond acceptors (Lipinski definition) is 2. The van der Waals surface area contributed by atoms with Gasteiger partial charge in [0.25, 0.3) is 5.91 Å². The first kappa shape index (κ1) is 14.6. The quantitative estimate of drug-likeness (QED) is 0.750. The predicted octanol–water partition coefficient (Wildman–Crippen LogP) is 3.48. The minimum absolute atomic E-state index is 0.0368. The molecule has 0 fully saturated rings. The number of aromatic nitrogens is 1. The van der Waals surface area contributed by atoms with E-state index in [0.29, 0.717) is 5.56 Å². The van der Waals surface area contributed by atoms with E-state index in [4.69, 9.17) is 0 Å². The lowest BCUT2D eigenvalue weighted by molar-refractivity contribution is 0.0706. The fourth-order valence-corrected chi connectivity index (χ4v) is 2.13. The van der Waals surface area contributed by atoms with Gasteiger partial charge in [0.15, 0.2) is 0 Å². The Morgan fingerprint density at radius 3 is 2.71 bits per heavy atom. The summed E-state index contributed by atoms with van der Waals surface area (Å²) in [5.41, 5.74) is 0.627. The lowest BCUT2D eigenvalue weighted by Gasteiger charge is -2.26. The van der Waals surface area contributed by atoms with Gasteiger partial charge in [-0.3, -0.25) is 9.78 Å². The smallest absolute Gasteiger partial charge is 0.255 e. The molecular formula is C12H16Br2N2O. The van der Waals surface area contributed by atoms with Gasteiger partial charge in [-0.15, -0.1) is 0 Å². The summed E-state index contributed by atoms with van der Waals surface area (Å²) in [6, 6.07) is 2.00. The Kier molecular flexibility index (Phi) is 6.12. The fraction of sp³-hybridized carbons (Fsp3) is 0.500. The van der Waals surface area contributed by atoms with E-state index >= 15 is 0 Å². The second kappa shape index (κ2) is 7.11. The molecule has 1 heterocycles. The van der Waals surface area contributed by atoms with Crippen molar-refractivity contribution in [1.29, 1.82) is 0 Å². The Bertz CT molecular complexity index is 383. The van der Waals surface area contributed by atoms with Crippen molar-refractivity contribution >= 4 is 37.8 Å². The van der Waals surface area contributed by atoms with Gasteiger partial charge >= 0.3 is 0 Å². The highest BCUT2D eigenvalue weighted by molar-refractivity contribution is 9.10. The fourth-order valence-electron chi connectivity index (χ4n) is 1.52. The molecule has 0 N–H and O–H groups in total. The van der Waals surface area contributed by atoms with Gasteiger partial charge in [-0.1, -0.05) is 15.9 Å². The van der Waals surface area contributed by atoms with Crippen LogP contribution in [0.5, 0.6) is 0 Å². The maximum Gasteiger partial charge on any atom is 0.255 e. The Labute approximate surface area is 119 Å². The molecule has 1 rings (SSSR count). The van der Waals surface area contributed by atoms with Crippen molar-refractivity contribution < 1.29 is 4.79 Å². The molecule has 0 aliphatic carbocycles. The van der Waals surface area contributed by atoms with Crippen LogP contribution in [0.2, 0.25) is 0 Å². The highest BCUT2D eigenvalue weighted by atomic mass is 79.9. The van der Waals surface area contributed by atoms with E-state index in [0.717, 1.165) is 22.8 Å². The van der Waals surface area contributed by atoms with Gasteiger partial charge in [0.1, 0.15) is 0 Å². The molecule has 0 saturated heterocycles. The largest absolute Gasteiger partial charge is 0.336 e. The average Bonchev–Trinajstić information content (AvgIpc) is 2.29. The van der Waals surface area contributed by atoms with Gasteiger partial charge < -0.3 is 4.90 Å². The third kappa shape index (κ3) is 4.39. The predicted molar refractivity (Wildman–Crippen MR) is 76.5 cm³/mol. The summed E-state index contributed by atoms with van der Waals surface area (Å²) in [5, 5.41) is 0.903. The molecule has 1 amide bonds. The van der Waals surface area contributed by atoms with E-state index in [1.807, 2.05) is 18.7 Å². The Balaban J connectivity index is 2.84. The molecule has 0 aliphatic rings. The average molecular weight is 364 g/mol. The Morgan fingerprint density at radius 2 is 2.18 bits per heavy atom. The molecule has 0 spiro atoms. The molecule has 0 aromatic carbocycles. The summed E-state index contributed by atoms with van der Waals surface area (Å²) in [6.45, 7) is 4.81. The number of carbonyl (C=O) groups excluding carboxylic acids is 1. The van der Waals surface area contributed by atoms with Crippen LogP contribution in [0.1, 0.15) is 30.6 Å². The molecule has 0 unspecified atom stereocenters. The number of halogens is 2. The number of rotatable bonds is 5. The number of amides is 1. The number of alkyl halides is 1. The van der Waals surface area contributed by atoms with Crippen LogP contribution >= 0.6 is 31.9 Å². The van der Waals surface area contributed by atoms with Crippen LogP contribution in [0, 0.1) is 0 Å². The standard InChI is InChI=1S/C12H16Br2N2O/c1-9(2)16(5-3-4-13)12(17)10-6-11(14)8-15-7-10/h6-9H,3-5H2,1-2H3. The molecule has 0 saturated carbocycles. The first-order chi connectivity index (χ1) is 8.06. The van der Waals surface area contributed by atoms with Crippen molar-refractivity contribution in [2.24, 2.45) is 0 Å². The van der Waals surface area contributed by atoms with Crippen molar-refractivity contribution in [3.05, 3.63) is 28.5 Å². The van der Waals surface area contributed by atoms with Gasteiger partial charge in [-0.25, -0.2) is 0 Å². The molecule has 0 aliphatic heterocycles. The number of nitrogens with zero attached hydrogens (tertiary/aromatic N) is 2. The van der Waals surface area contributed by atoms with Crippen molar-refractivity contribution in [3.8, 4) is 0 Å². The van der Waals surface area contributed by atoms with Gasteiger partial charge in [0, 0.05) is 34.8 Å².